The van der Waals surface area contributed by atoms with Crippen molar-refractivity contribution in [1.82, 2.24) is 0 Å². The minimum absolute atomic E-state index is 0.224. The first kappa shape index (κ1) is 19.6. The molecule has 0 fully saturated rings. The Bertz CT molecular complexity index is 1020. The van der Waals surface area contributed by atoms with Gasteiger partial charge in [0.15, 0.2) is 0 Å². The molecule has 0 amide bonds. The zero-order valence-corrected chi connectivity index (χ0v) is 16.8. The molecule has 6 heteroatoms. The lowest BCUT2D eigenvalue weighted by Crippen LogP contribution is -2.05. The Morgan fingerprint density at radius 2 is 1.79 bits per heavy atom. The molecule has 0 saturated heterocycles. The van der Waals surface area contributed by atoms with Crippen LogP contribution in [-0.2, 0) is 25.7 Å². The Morgan fingerprint density at radius 1 is 1.07 bits per heavy atom. The van der Waals surface area contributed by atoms with Gasteiger partial charge in [0.1, 0.15) is 12.2 Å². The summed E-state index contributed by atoms with van der Waals surface area (Å²) in [5, 5.41) is 5.26. The topological polar surface area (TPSA) is 57.1 Å². The lowest BCUT2D eigenvalue weighted by Gasteiger charge is -2.07. The first-order valence-corrected chi connectivity index (χ1v) is 9.51. The van der Waals surface area contributed by atoms with E-state index < -0.39 is 5.97 Å². The van der Waals surface area contributed by atoms with Gasteiger partial charge in [0.05, 0.1) is 31.1 Å². The summed E-state index contributed by atoms with van der Waals surface area (Å²) in [5.74, 6) is -0.460. The van der Waals surface area contributed by atoms with Gasteiger partial charge in [0, 0.05) is 10.3 Å². The van der Waals surface area contributed by atoms with Crippen LogP contribution in [0.4, 0.5) is 0 Å². The fraction of sp³-hybridized carbons (Fsp3) is 0.182. The van der Waals surface area contributed by atoms with Gasteiger partial charge in [-0.1, -0.05) is 53.7 Å². The van der Waals surface area contributed by atoms with Crippen LogP contribution in [0.25, 0.3) is 15.7 Å². The van der Waals surface area contributed by atoms with E-state index in [9.17, 15) is 4.79 Å². The van der Waals surface area contributed by atoms with E-state index >= 15 is 0 Å². The van der Waals surface area contributed by atoms with Crippen LogP contribution in [0, 0.1) is 0 Å². The van der Waals surface area contributed by atoms with Crippen molar-refractivity contribution in [3.05, 3.63) is 76.9 Å². The standard InChI is InChI=1S/C22H21NO4S/c1-15(16-9-5-4-6-10-16)23-27-14-18-17-11-7-8-12-20(17)28-21(18)19(13-25-2)22(24)26-3/h4-13H,14H2,1-3H3. The molecule has 28 heavy (non-hydrogen) atoms. The highest BCUT2D eigenvalue weighted by molar-refractivity contribution is 7.20. The fourth-order valence-corrected chi connectivity index (χ4v) is 4.01. The van der Waals surface area contributed by atoms with E-state index in [0.717, 1.165) is 31.8 Å². The number of thiophene rings is 1. The number of ether oxygens (including phenoxy) is 2. The smallest absolute Gasteiger partial charge is 0.342 e. The molecule has 0 saturated carbocycles. The first-order chi connectivity index (χ1) is 13.7. The molecular weight excluding hydrogens is 374 g/mol. The molecule has 3 aromatic rings. The zero-order valence-electron chi connectivity index (χ0n) is 16.0. The lowest BCUT2D eigenvalue weighted by atomic mass is 10.1. The van der Waals surface area contributed by atoms with Crippen molar-refractivity contribution in [2.24, 2.45) is 5.16 Å². The van der Waals surface area contributed by atoms with Crippen LogP contribution in [0.1, 0.15) is 22.9 Å². The van der Waals surface area contributed by atoms with E-state index in [4.69, 9.17) is 14.3 Å². The monoisotopic (exact) mass is 395 g/mol. The van der Waals surface area contributed by atoms with E-state index in [-0.39, 0.29) is 6.61 Å². The Balaban J connectivity index is 1.95. The van der Waals surface area contributed by atoms with E-state index in [1.165, 1.54) is 31.8 Å². The third kappa shape index (κ3) is 4.23. The van der Waals surface area contributed by atoms with Gasteiger partial charge in [-0.3, -0.25) is 0 Å². The van der Waals surface area contributed by atoms with E-state index in [1.807, 2.05) is 61.5 Å². The number of esters is 1. The van der Waals surface area contributed by atoms with Gasteiger partial charge in [-0.05, 0) is 23.9 Å². The molecule has 144 valence electrons. The Morgan fingerprint density at radius 3 is 2.50 bits per heavy atom. The number of hydrogen-bond donors (Lipinski definition) is 0. The molecule has 1 aromatic heterocycles. The first-order valence-electron chi connectivity index (χ1n) is 8.69. The van der Waals surface area contributed by atoms with Crippen LogP contribution in [0.15, 0.2) is 66.0 Å². The normalized spacial score (nSPS) is 12.1. The molecule has 5 nitrogen and oxygen atoms in total. The number of carbonyl (C=O) groups is 1. The quantitative estimate of drug-likeness (QED) is 0.186. The summed E-state index contributed by atoms with van der Waals surface area (Å²) in [6.45, 7) is 2.12. The van der Waals surface area contributed by atoms with Gasteiger partial charge in [-0.2, -0.15) is 0 Å². The number of fused-ring (bicyclic) bond motifs is 1. The van der Waals surface area contributed by atoms with Crippen LogP contribution in [0.2, 0.25) is 0 Å². The summed E-state index contributed by atoms with van der Waals surface area (Å²) < 4.78 is 11.1. The van der Waals surface area contributed by atoms with Crippen LogP contribution in [0.5, 0.6) is 0 Å². The number of nitrogens with zero attached hydrogens (tertiary/aromatic N) is 1. The molecular formula is C22H21NO4S. The summed E-state index contributed by atoms with van der Waals surface area (Å²) in [4.78, 5) is 18.7. The summed E-state index contributed by atoms with van der Waals surface area (Å²) in [6, 6.07) is 17.7. The summed E-state index contributed by atoms with van der Waals surface area (Å²) in [5.41, 5.74) is 3.00. The third-order valence-electron chi connectivity index (χ3n) is 4.19. The zero-order chi connectivity index (χ0) is 19.9. The SMILES string of the molecule is COC=C(C(=O)OC)c1sc2ccccc2c1CON=C(C)c1ccccc1. The highest BCUT2D eigenvalue weighted by Gasteiger charge is 2.22. The van der Waals surface area contributed by atoms with Crippen LogP contribution < -0.4 is 0 Å². The number of hydrogen-bond acceptors (Lipinski definition) is 6. The molecule has 0 aliphatic rings. The fourth-order valence-electron chi connectivity index (χ4n) is 2.81. The Hall–Kier alpha value is -3.12. The van der Waals surface area contributed by atoms with Gasteiger partial charge in [-0.25, -0.2) is 4.79 Å². The minimum Gasteiger partial charge on any atom is -0.503 e. The van der Waals surface area contributed by atoms with E-state index in [0.29, 0.717) is 5.57 Å². The van der Waals surface area contributed by atoms with Gasteiger partial charge in [-0.15, -0.1) is 11.3 Å². The Kier molecular flexibility index (Phi) is 6.45. The number of oxime groups is 1. The molecule has 2 aromatic carbocycles. The van der Waals surface area contributed by atoms with Crippen molar-refractivity contribution in [3.8, 4) is 0 Å². The van der Waals surface area contributed by atoms with Crippen LogP contribution >= 0.6 is 11.3 Å². The molecule has 0 bridgehead atoms. The maximum Gasteiger partial charge on any atom is 0.342 e. The van der Waals surface area contributed by atoms with Gasteiger partial charge in [0.25, 0.3) is 0 Å². The molecule has 1 heterocycles. The predicted molar refractivity (Wildman–Crippen MR) is 112 cm³/mol. The van der Waals surface area contributed by atoms with E-state index in [1.54, 1.807) is 0 Å². The molecule has 0 spiro atoms. The maximum absolute atomic E-state index is 12.3. The molecule has 0 aliphatic carbocycles. The second-order valence-electron chi connectivity index (χ2n) is 5.98. The summed E-state index contributed by atoms with van der Waals surface area (Å²) in [7, 11) is 2.85. The number of methoxy groups -OCH3 is 2. The Labute approximate surface area is 167 Å². The maximum atomic E-state index is 12.3. The predicted octanol–water partition coefficient (Wildman–Crippen LogP) is 5.00. The van der Waals surface area contributed by atoms with Gasteiger partial charge >= 0.3 is 5.97 Å². The van der Waals surface area contributed by atoms with Crippen molar-refractivity contribution >= 4 is 38.7 Å². The third-order valence-corrected chi connectivity index (χ3v) is 5.43. The van der Waals surface area contributed by atoms with Crippen molar-refractivity contribution < 1.29 is 19.1 Å². The molecule has 3 rings (SSSR count). The molecule has 0 unspecified atom stereocenters. The molecule has 0 aliphatic heterocycles. The van der Waals surface area contributed by atoms with Crippen LogP contribution in [0.3, 0.4) is 0 Å². The highest BCUT2D eigenvalue weighted by atomic mass is 32.1. The van der Waals surface area contributed by atoms with Crippen molar-refractivity contribution in [1.29, 1.82) is 0 Å². The molecule has 0 N–H and O–H groups in total. The van der Waals surface area contributed by atoms with Gasteiger partial charge in [0.2, 0.25) is 0 Å². The minimum atomic E-state index is -0.460. The average molecular weight is 395 g/mol. The summed E-state index contributed by atoms with van der Waals surface area (Å²) in [6.07, 6.45) is 1.40. The number of rotatable bonds is 7. The lowest BCUT2D eigenvalue weighted by molar-refractivity contribution is -0.133. The molecule has 0 radical (unpaired) electrons. The van der Waals surface area contributed by atoms with Crippen molar-refractivity contribution in [2.45, 2.75) is 13.5 Å². The largest absolute Gasteiger partial charge is 0.503 e. The number of carbonyl (C=O) groups excluding carboxylic acids is 1. The average Bonchev–Trinajstić information content (AvgIpc) is 3.10. The van der Waals surface area contributed by atoms with E-state index in [2.05, 4.69) is 5.16 Å². The second kappa shape index (κ2) is 9.19. The van der Waals surface area contributed by atoms with Crippen molar-refractivity contribution in [3.63, 3.8) is 0 Å². The van der Waals surface area contributed by atoms with Crippen LogP contribution in [-0.4, -0.2) is 25.9 Å². The number of benzene rings is 2. The van der Waals surface area contributed by atoms with Gasteiger partial charge < -0.3 is 14.3 Å². The second-order valence-corrected chi connectivity index (χ2v) is 7.03. The van der Waals surface area contributed by atoms with Crippen molar-refractivity contribution in [2.75, 3.05) is 14.2 Å². The highest BCUT2D eigenvalue weighted by Crippen LogP contribution is 2.37. The summed E-state index contributed by atoms with van der Waals surface area (Å²) >= 11 is 1.49. The molecule has 0 atom stereocenters.